The van der Waals surface area contributed by atoms with Gasteiger partial charge in [-0.2, -0.15) is 0 Å². The van der Waals surface area contributed by atoms with Gasteiger partial charge in [0.15, 0.2) is 0 Å². The van der Waals surface area contributed by atoms with Crippen molar-refractivity contribution in [3.8, 4) is 0 Å². The zero-order chi connectivity index (χ0) is 13.8. The van der Waals surface area contributed by atoms with Crippen LogP contribution in [-0.4, -0.2) is 54.7 Å². The van der Waals surface area contributed by atoms with E-state index in [2.05, 4.69) is 10.6 Å². The minimum absolute atomic E-state index is 0.304. The molecule has 18 heavy (non-hydrogen) atoms. The van der Waals surface area contributed by atoms with Crippen LogP contribution in [-0.2, 0) is 9.53 Å². The standard InChI is InChI=1S/C12H23N3O3/c1-11(2,3)18-10(17)15-6-5-14-12(4,8-15)7-13-9-16/h9,14H,5-8H2,1-4H3,(H,13,16). The van der Waals surface area contributed by atoms with Gasteiger partial charge in [0.1, 0.15) is 5.60 Å². The van der Waals surface area contributed by atoms with Gasteiger partial charge in [-0.25, -0.2) is 4.79 Å². The van der Waals surface area contributed by atoms with Crippen LogP contribution < -0.4 is 10.6 Å². The Bertz CT molecular complexity index is 314. The minimum Gasteiger partial charge on any atom is -0.444 e. The fourth-order valence-corrected chi connectivity index (χ4v) is 1.92. The van der Waals surface area contributed by atoms with Crippen molar-refractivity contribution in [3.05, 3.63) is 0 Å². The number of hydrogen-bond donors (Lipinski definition) is 2. The van der Waals surface area contributed by atoms with Crippen LogP contribution in [0.3, 0.4) is 0 Å². The first-order valence-electron chi connectivity index (χ1n) is 6.16. The number of carbonyl (C=O) groups excluding carboxylic acids is 2. The molecule has 6 nitrogen and oxygen atoms in total. The first-order valence-corrected chi connectivity index (χ1v) is 6.16. The number of piperazine rings is 1. The largest absolute Gasteiger partial charge is 0.444 e. The van der Waals surface area contributed by atoms with Gasteiger partial charge in [0, 0.05) is 26.2 Å². The highest BCUT2D eigenvalue weighted by molar-refractivity contribution is 5.68. The quantitative estimate of drug-likeness (QED) is 0.715. The second-order valence-electron chi connectivity index (χ2n) is 5.89. The molecule has 1 heterocycles. The Labute approximate surface area is 108 Å². The van der Waals surface area contributed by atoms with Gasteiger partial charge in [0.25, 0.3) is 0 Å². The highest BCUT2D eigenvalue weighted by atomic mass is 16.6. The van der Waals surface area contributed by atoms with Crippen molar-refractivity contribution in [1.29, 1.82) is 0 Å². The van der Waals surface area contributed by atoms with Gasteiger partial charge >= 0.3 is 6.09 Å². The summed E-state index contributed by atoms with van der Waals surface area (Å²) >= 11 is 0. The highest BCUT2D eigenvalue weighted by Crippen LogP contribution is 2.15. The maximum atomic E-state index is 12.0. The number of rotatable bonds is 3. The zero-order valence-electron chi connectivity index (χ0n) is 11.6. The second-order valence-corrected chi connectivity index (χ2v) is 5.89. The Balaban J connectivity index is 2.57. The van der Waals surface area contributed by atoms with Gasteiger partial charge in [0.2, 0.25) is 6.41 Å². The zero-order valence-corrected chi connectivity index (χ0v) is 11.6. The van der Waals surface area contributed by atoms with Crippen molar-refractivity contribution in [1.82, 2.24) is 15.5 Å². The molecule has 0 bridgehead atoms. The molecule has 1 rings (SSSR count). The van der Waals surface area contributed by atoms with Crippen LogP contribution in [0, 0.1) is 0 Å². The summed E-state index contributed by atoms with van der Waals surface area (Å²) in [5.41, 5.74) is -0.796. The minimum atomic E-state index is -0.487. The summed E-state index contributed by atoms with van der Waals surface area (Å²) in [6.45, 7) is 9.82. The molecular weight excluding hydrogens is 234 g/mol. The van der Waals surface area contributed by atoms with Crippen molar-refractivity contribution in [2.45, 2.75) is 38.8 Å². The molecule has 0 radical (unpaired) electrons. The molecule has 104 valence electrons. The molecule has 1 atom stereocenters. The van der Waals surface area contributed by atoms with Gasteiger partial charge in [-0.15, -0.1) is 0 Å². The maximum absolute atomic E-state index is 12.0. The van der Waals surface area contributed by atoms with Crippen molar-refractivity contribution < 1.29 is 14.3 Å². The normalized spacial score (nSPS) is 24.6. The molecule has 2 N–H and O–H groups in total. The third-order valence-corrected chi connectivity index (χ3v) is 2.70. The van der Waals surface area contributed by atoms with Crippen LogP contribution in [0.4, 0.5) is 4.79 Å². The van der Waals surface area contributed by atoms with E-state index in [0.717, 1.165) is 0 Å². The summed E-state index contributed by atoms with van der Waals surface area (Å²) in [6.07, 6.45) is 0.362. The third-order valence-electron chi connectivity index (χ3n) is 2.70. The number of amides is 2. The van der Waals surface area contributed by atoms with Crippen LogP contribution in [0.1, 0.15) is 27.7 Å². The molecule has 6 heteroatoms. The van der Waals surface area contributed by atoms with E-state index >= 15 is 0 Å². The predicted molar refractivity (Wildman–Crippen MR) is 68.3 cm³/mol. The van der Waals surface area contributed by atoms with Crippen LogP contribution in [0.2, 0.25) is 0 Å². The lowest BCUT2D eigenvalue weighted by molar-refractivity contribution is -0.109. The van der Waals surface area contributed by atoms with Crippen molar-refractivity contribution in [2.75, 3.05) is 26.2 Å². The number of nitrogens with zero attached hydrogens (tertiary/aromatic N) is 1. The summed E-state index contributed by atoms with van der Waals surface area (Å²) < 4.78 is 5.34. The Morgan fingerprint density at radius 1 is 1.56 bits per heavy atom. The molecule has 0 aromatic heterocycles. The number of nitrogens with one attached hydrogen (secondary N) is 2. The van der Waals surface area contributed by atoms with E-state index in [0.29, 0.717) is 32.6 Å². The molecule has 1 fully saturated rings. The highest BCUT2D eigenvalue weighted by Gasteiger charge is 2.34. The molecule has 0 aromatic carbocycles. The summed E-state index contributed by atoms with van der Waals surface area (Å²) in [6, 6.07) is 0. The second kappa shape index (κ2) is 5.56. The maximum Gasteiger partial charge on any atom is 0.410 e. The van der Waals surface area contributed by atoms with Gasteiger partial charge in [-0.05, 0) is 27.7 Å². The van der Waals surface area contributed by atoms with E-state index in [1.807, 2.05) is 27.7 Å². The van der Waals surface area contributed by atoms with Gasteiger partial charge in [-0.3, -0.25) is 4.79 Å². The number of hydrogen-bond acceptors (Lipinski definition) is 4. The average Bonchev–Trinajstić information content (AvgIpc) is 2.24. The third kappa shape index (κ3) is 4.52. The first-order chi connectivity index (χ1) is 8.26. The SMILES string of the molecule is CC1(CNC=O)CN(C(=O)OC(C)(C)C)CCN1. The van der Waals surface area contributed by atoms with Gasteiger partial charge in [0.05, 0.1) is 5.54 Å². The summed E-state index contributed by atoms with van der Waals surface area (Å²) in [4.78, 5) is 24.0. The molecular formula is C12H23N3O3. The van der Waals surface area contributed by atoms with Crippen LogP contribution >= 0.6 is 0 Å². The van der Waals surface area contributed by atoms with E-state index < -0.39 is 5.60 Å². The fraction of sp³-hybridized carbons (Fsp3) is 0.833. The smallest absolute Gasteiger partial charge is 0.410 e. The van der Waals surface area contributed by atoms with Gasteiger partial charge < -0.3 is 20.3 Å². The summed E-state index contributed by atoms with van der Waals surface area (Å²) in [5, 5.41) is 5.95. The molecule has 2 amide bonds. The van der Waals surface area contributed by atoms with Crippen LogP contribution in [0.25, 0.3) is 0 Å². The van der Waals surface area contributed by atoms with E-state index in [1.54, 1.807) is 4.90 Å². The summed E-state index contributed by atoms with van der Waals surface area (Å²) in [5.74, 6) is 0. The lowest BCUT2D eigenvalue weighted by Crippen LogP contribution is -2.64. The monoisotopic (exact) mass is 257 g/mol. The van der Waals surface area contributed by atoms with E-state index in [1.165, 1.54) is 0 Å². The Morgan fingerprint density at radius 2 is 2.22 bits per heavy atom. The molecule has 0 aliphatic carbocycles. The van der Waals surface area contributed by atoms with E-state index in [-0.39, 0.29) is 11.6 Å². The van der Waals surface area contributed by atoms with Crippen molar-refractivity contribution in [2.24, 2.45) is 0 Å². The average molecular weight is 257 g/mol. The lowest BCUT2D eigenvalue weighted by atomic mass is 9.99. The topological polar surface area (TPSA) is 70.7 Å². The van der Waals surface area contributed by atoms with E-state index in [9.17, 15) is 9.59 Å². The molecule has 1 aliphatic heterocycles. The van der Waals surface area contributed by atoms with Crippen molar-refractivity contribution in [3.63, 3.8) is 0 Å². The summed E-state index contributed by atoms with van der Waals surface area (Å²) in [7, 11) is 0. The molecule has 1 aliphatic rings. The molecule has 1 saturated heterocycles. The number of carbonyl (C=O) groups is 2. The number of ether oxygens (including phenoxy) is 1. The Hall–Kier alpha value is -1.30. The predicted octanol–water partition coefficient (Wildman–Crippen LogP) is 0.331. The first kappa shape index (κ1) is 14.8. The molecule has 0 saturated carbocycles. The fourth-order valence-electron chi connectivity index (χ4n) is 1.92. The lowest BCUT2D eigenvalue weighted by Gasteiger charge is -2.41. The molecule has 0 spiro atoms. The Kier molecular flexibility index (Phi) is 4.56. The Morgan fingerprint density at radius 3 is 2.78 bits per heavy atom. The van der Waals surface area contributed by atoms with Gasteiger partial charge in [-0.1, -0.05) is 0 Å². The van der Waals surface area contributed by atoms with Crippen LogP contribution in [0.15, 0.2) is 0 Å². The van der Waals surface area contributed by atoms with Crippen molar-refractivity contribution >= 4 is 12.5 Å². The van der Waals surface area contributed by atoms with E-state index in [4.69, 9.17) is 4.74 Å². The van der Waals surface area contributed by atoms with Crippen LogP contribution in [0.5, 0.6) is 0 Å². The molecule has 0 aromatic rings. The molecule has 1 unspecified atom stereocenters.